The van der Waals surface area contributed by atoms with Crippen LogP contribution in [0.15, 0.2) is 4.42 Å². The van der Waals surface area contributed by atoms with Crippen LogP contribution >= 0.6 is 11.8 Å². The number of amides is 1. The molecule has 0 radical (unpaired) electrons. The Morgan fingerprint density at radius 3 is 2.65 bits per heavy atom. The van der Waals surface area contributed by atoms with Gasteiger partial charge in [0.15, 0.2) is 0 Å². The molecule has 0 atom stereocenters. The maximum Gasteiger partial charge on any atom is 0.235 e. The van der Waals surface area contributed by atoms with Crippen LogP contribution in [0.4, 0.5) is 0 Å². The van der Waals surface area contributed by atoms with Crippen LogP contribution < -0.4 is 0 Å². The highest BCUT2D eigenvalue weighted by atomic mass is 32.2. The quantitative estimate of drug-likeness (QED) is 0.696. The van der Waals surface area contributed by atoms with E-state index in [1.54, 1.807) is 23.7 Å². The Hall–Kier alpha value is -1.04. The summed E-state index contributed by atoms with van der Waals surface area (Å²) >= 11 is 1.77. The fourth-order valence-electron chi connectivity index (χ4n) is 1.28. The average Bonchev–Trinajstić information content (AvgIpc) is 2.77. The summed E-state index contributed by atoms with van der Waals surface area (Å²) in [6.07, 6.45) is 1.28. The molecule has 1 heterocycles. The lowest BCUT2D eigenvalue weighted by atomic mass is 10.4. The van der Waals surface area contributed by atoms with Crippen molar-refractivity contribution in [3.05, 3.63) is 11.8 Å². The first-order chi connectivity index (χ1) is 8.17. The first-order valence-electron chi connectivity index (χ1n) is 5.80. The number of carbonyl (C=O) groups is 1. The second-order valence-electron chi connectivity index (χ2n) is 3.64. The summed E-state index contributed by atoms with van der Waals surface area (Å²) in [5.41, 5.74) is 0. The third-order valence-electron chi connectivity index (χ3n) is 2.27. The average molecular weight is 257 g/mol. The van der Waals surface area contributed by atoms with Gasteiger partial charge in [-0.2, -0.15) is 11.8 Å². The van der Waals surface area contributed by atoms with Crippen LogP contribution in [0.25, 0.3) is 0 Å². The third kappa shape index (κ3) is 4.77. The molecule has 1 aromatic heterocycles. The van der Waals surface area contributed by atoms with Gasteiger partial charge in [-0.05, 0) is 5.75 Å². The Labute approximate surface area is 106 Å². The van der Waals surface area contributed by atoms with E-state index in [9.17, 15) is 4.79 Å². The number of aryl methyl sites for hydroxylation is 1. The molecule has 96 valence electrons. The van der Waals surface area contributed by atoms with Gasteiger partial charge in [0.1, 0.15) is 0 Å². The smallest absolute Gasteiger partial charge is 0.235 e. The van der Waals surface area contributed by atoms with E-state index in [2.05, 4.69) is 17.1 Å². The van der Waals surface area contributed by atoms with Crippen LogP contribution in [-0.4, -0.2) is 39.6 Å². The Balaban J connectivity index is 2.37. The molecule has 1 rings (SSSR count). The molecule has 1 aromatic rings. The highest BCUT2D eigenvalue weighted by Gasteiger charge is 2.12. The van der Waals surface area contributed by atoms with E-state index in [1.807, 2.05) is 6.92 Å². The minimum atomic E-state index is 0.113. The zero-order valence-electron chi connectivity index (χ0n) is 10.6. The number of thioether (sulfide) groups is 1. The standard InChI is InChI=1S/C11H19N3O2S/c1-4-9-12-13-10(16-9)8-14(3)11(15)6-7-17-5-2/h4-8H2,1-3H3. The first kappa shape index (κ1) is 14.0. The molecule has 17 heavy (non-hydrogen) atoms. The van der Waals surface area contributed by atoms with Gasteiger partial charge in [-0.15, -0.1) is 10.2 Å². The highest BCUT2D eigenvalue weighted by Crippen LogP contribution is 2.07. The van der Waals surface area contributed by atoms with Gasteiger partial charge in [-0.3, -0.25) is 4.79 Å². The number of hydrogen-bond donors (Lipinski definition) is 0. The topological polar surface area (TPSA) is 59.2 Å². The number of carbonyl (C=O) groups excluding carboxylic acids is 1. The van der Waals surface area contributed by atoms with Gasteiger partial charge in [0.25, 0.3) is 0 Å². The Bertz CT molecular complexity index is 354. The molecule has 0 N–H and O–H groups in total. The maximum absolute atomic E-state index is 11.7. The predicted octanol–water partition coefficient (Wildman–Crippen LogP) is 1.73. The number of hydrogen-bond acceptors (Lipinski definition) is 5. The summed E-state index contributed by atoms with van der Waals surface area (Å²) < 4.78 is 5.36. The summed E-state index contributed by atoms with van der Waals surface area (Å²) in [5.74, 6) is 3.13. The van der Waals surface area contributed by atoms with Crippen molar-refractivity contribution in [3.63, 3.8) is 0 Å². The first-order valence-corrected chi connectivity index (χ1v) is 6.95. The van der Waals surface area contributed by atoms with Gasteiger partial charge in [-0.1, -0.05) is 13.8 Å². The van der Waals surface area contributed by atoms with Gasteiger partial charge in [0.2, 0.25) is 17.7 Å². The summed E-state index contributed by atoms with van der Waals surface area (Å²) in [6, 6.07) is 0. The molecule has 0 saturated heterocycles. The van der Waals surface area contributed by atoms with E-state index in [0.717, 1.165) is 17.9 Å². The summed E-state index contributed by atoms with van der Waals surface area (Å²) in [7, 11) is 1.76. The Morgan fingerprint density at radius 1 is 1.35 bits per heavy atom. The lowest BCUT2D eigenvalue weighted by Gasteiger charge is -2.14. The van der Waals surface area contributed by atoms with E-state index in [-0.39, 0.29) is 5.91 Å². The molecule has 1 amide bonds. The van der Waals surface area contributed by atoms with Crippen molar-refractivity contribution >= 4 is 17.7 Å². The van der Waals surface area contributed by atoms with Crippen LogP contribution in [0.5, 0.6) is 0 Å². The van der Waals surface area contributed by atoms with Crippen molar-refractivity contribution in [3.8, 4) is 0 Å². The molecule has 0 aliphatic heterocycles. The van der Waals surface area contributed by atoms with Gasteiger partial charge in [0.05, 0.1) is 6.54 Å². The number of aromatic nitrogens is 2. The lowest BCUT2D eigenvalue weighted by molar-refractivity contribution is -0.130. The fourth-order valence-corrected chi connectivity index (χ4v) is 1.89. The van der Waals surface area contributed by atoms with Crippen LogP contribution in [0, 0.1) is 0 Å². The van der Waals surface area contributed by atoms with Gasteiger partial charge in [-0.25, -0.2) is 0 Å². The van der Waals surface area contributed by atoms with Gasteiger partial charge < -0.3 is 9.32 Å². The van der Waals surface area contributed by atoms with Gasteiger partial charge in [0, 0.05) is 25.6 Å². The number of nitrogens with zero attached hydrogens (tertiary/aromatic N) is 3. The molecule has 0 aromatic carbocycles. The van der Waals surface area contributed by atoms with E-state index >= 15 is 0 Å². The van der Waals surface area contributed by atoms with Crippen molar-refractivity contribution < 1.29 is 9.21 Å². The van der Waals surface area contributed by atoms with Crippen molar-refractivity contribution in [1.82, 2.24) is 15.1 Å². The van der Waals surface area contributed by atoms with Crippen LogP contribution in [0.2, 0.25) is 0 Å². The monoisotopic (exact) mass is 257 g/mol. The molecular formula is C11H19N3O2S. The van der Waals surface area contributed by atoms with Crippen molar-refractivity contribution in [2.45, 2.75) is 33.2 Å². The van der Waals surface area contributed by atoms with E-state index in [0.29, 0.717) is 24.7 Å². The minimum absolute atomic E-state index is 0.113. The van der Waals surface area contributed by atoms with Gasteiger partial charge >= 0.3 is 0 Å². The Morgan fingerprint density at radius 2 is 2.06 bits per heavy atom. The summed E-state index contributed by atoms with van der Waals surface area (Å²) in [6.45, 7) is 4.43. The third-order valence-corrected chi connectivity index (χ3v) is 3.17. The minimum Gasteiger partial charge on any atom is -0.423 e. The lowest BCUT2D eigenvalue weighted by Crippen LogP contribution is -2.26. The summed E-state index contributed by atoms with van der Waals surface area (Å²) in [5, 5.41) is 7.75. The predicted molar refractivity (Wildman–Crippen MR) is 67.8 cm³/mol. The molecule has 0 fully saturated rings. The molecule has 5 nitrogen and oxygen atoms in total. The van der Waals surface area contributed by atoms with Crippen molar-refractivity contribution in [2.24, 2.45) is 0 Å². The van der Waals surface area contributed by atoms with Crippen molar-refractivity contribution in [2.75, 3.05) is 18.6 Å². The van der Waals surface area contributed by atoms with Crippen LogP contribution in [0.1, 0.15) is 32.0 Å². The molecule has 6 heteroatoms. The second-order valence-corrected chi connectivity index (χ2v) is 5.03. The molecular weight excluding hydrogens is 238 g/mol. The zero-order chi connectivity index (χ0) is 12.7. The largest absolute Gasteiger partial charge is 0.423 e. The van der Waals surface area contributed by atoms with Crippen molar-refractivity contribution in [1.29, 1.82) is 0 Å². The molecule has 0 aliphatic carbocycles. The zero-order valence-corrected chi connectivity index (χ0v) is 11.4. The van der Waals surface area contributed by atoms with E-state index in [1.165, 1.54) is 0 Å². The highest BCUT2D eigenvalue weighted by molar-refractivity contribution is 7.99. The van der Waals surface area contributed by atoms with Crippen LogP contribution in [-0.2, 0) is 17.8 Å². The van der Waals surface area contributed by atoms with Crippen LogP contribution in [0.3, 0.4) is 0 Å². The SMILES string of the molecule is CCSCCC(=O)N(C)Cc1nnc(CC)o1. The fraction of sp³-hybridized carbons (Fsp3) is 0.727. The molecule has 0 bridgehead atoms. The summed E-state index contributed by atoms with van der Waals surface area (Å²) in [4.78, 5) is 13.3. The molecule has 0 unspecified atom stereocenters. The molecule has 0 spiro atoms. The maximum atomic E-state index is 11.7. The van der Waals surface area contributed by atoms with E-state index in [4.69, 9.17) is 4.42 Å². The normalized spacial score (nSPS) is 10.5. The molecule has 0 aliphatic rings. The second kappa shape index (κ2) is 7.32. The Kier molecular flexibility index (Phi) is 6.04. The van der Waals surface area contributed by atoms with E-state index < -0.39 is 0 Å². The number of rotatable bonds is 7. The molecule has 0 saturated carbocycles.